The molecule has 126 valence electrons. The summed E-state index contributed by atoms with van der Waals surface area (Å²) < 4.78 is 4.95. The second-order valence-corrected chi connectivity index (χ2v) is 7.17. The molecule has 0 spiro atoms. The summed E-state index contributed by atoms with van der Waals surface area (Å²) in [6.45, 7) is 13.2. The van der Waals surface area contributed by atoms with E-state index in [0.29, 0.717) is 18.4 Å². The lowest BCUT2D eigenvalue weighted by Gasteiger charge is -2.54. The summed E-state index contributed by atoms with van der Waals surface area (Å²) in [6, 6.07) is -0.215. The van der Waals surface area contributed by atoms with Gasteiger partial charge in [0, 0.05) is 16.7 Å². The van der Waals surface area contributed by atoms with Gasteiger partial charge in [0.2, 0.25) is 0 Å². The molecule has 2 N–H and O–H groups in total. The number of amides is 2. The highest BCUT2D eigenvalue weighted by Gasteiger charge is 2.47. The molecule has 1 saturated heterocycles. The van der Waals surface area contributed by atoms with Crippen molar-refractivity contribution < 1.29 is 19.4 Å². The first-order valence-electron chi connectivity index (χ1n) is 7.56. The first-order valence-corrected chi connectivity index (χ1v) is 7.56. The smallest absolute Gasteiger partial charge is 0.333 e. The average Bonchev–Trinajstić information content (AvgIpc) is 2.30. The summed E-state index contributed by atoms with van der Waals surface area (Å²) in [5, 5.41) is 12.8. The van der Waals surface area contributed by atoms with Crippen LogP contribution < -0.4 is 5.32 Å². The van der Waals surface area contributed by atoms with Gasteiger partial charge in [0.1, 0.15) is 6.61 Å². The van der Waals surface area contributed by atoms with E-state index in [1.165, 1.54) is 0 Å². The maximum absolute atomic E-state index is 12.5. The number of piperidine rings is 1. The average molecular weight is 312 g/mol. The molecule has 1 rings (SSSR count). The Morgan fingerprint density at radius 3 is 2.23 bits per heavy atom. The van der Waals surface area contributed by atoms with Crippen LogP contribution >= 0.6 is 0 Å². The van der Waals surface area contributed by atoms with E-state index in [-0.39, 0.29) is 19.2 Å². The van der Waals surface area contributed by atoms with Crippen molar-refractivity contribution in [1.29, 1.82) is 0 Å². The number of aliphatic hydroxyl groups excluding tert-OH is 1. The first kappa shape index (κ1) is 18.5. The molecule has 6 nitrogen and oxygen atoms in total. The van der Waals surface area contributed by atoms with Crippen molar-refractivity contribution >= 4 is 12.0 Å². The zero-order valence-electron chi connectivity index (χ0n) is 14.2. The lowest BCUT2D eigenvalue weighted by atomic mass is 9.78. The third-order valence-electron chi connectivity index (χ3n) is 3.84. The lowest BCUT2D eigenvalue weighted by molar-refractivity contribution is -0.138. The van der Waals surface area contributed by atoms with Gasteiger partial charge >= 0.3 is 12.0 Å². The number of aliphatic hydroxyl groups is 1. The van der Waals surface area contributed by atoms with Gasteiger partial charge in [-0.3, -0.25) is 0 Å². The monoisotopic (exact) mass is 312 g/mol. The number of ether oxygens (including phenoxy) is 1. The molecule has 1 fully saturated rings. The molecule has 1 aliphatic heterocycles. The minimum Gasteiger partial charge on any atom is -0.460 e. The fraction of sp³-hybridized carbons (Fsp3) is 0.750. The number of urea groups is 1. The number of rotatable bonds is 4. The maximum atomic E-state index is 12.5. The van der Waals surface area contributed by atoms with E-state index >= 15 is 0 Å². The van der Waals surface area contributed by atoms with E-state index in [9.17, 15) is 14.7 Å². The Labute approximate surface area is 132 Å². The molecule has 1 aliphatic rings. The summed E-state index contributed by atoms with van der Waals surface area (Å²) in [5.74, 6) is -0.462. The lowest BCUT2D eigenvalue weighted by Crippen LogP contribution is -2.66. The third-order valence-corrected chi connectivity index (χ3v) is 3.84. The molecule has 0 aromatic rings. The van der Waals surface area contributed by atoms with E-state index in [1.807, 2.05) is 27.7 Å². The van der Waals surface area contributed by atoms with E-state index < -0.39 is 23.2 Å². The highest BCUT2D eigenvalue weighted by atomic mass is 16.5. The Hall–Kier alpha value is -1.56. The van der Waals surface area contributed by atoms with Gasteiger partial charge in [-0.1, -0.05) is 6.58 Å². The molecule has 0 bridgehead atoms. The van der Waals surface area contributed by atoms with Crippen molar-refractivity contribution in [2.75, 3.05) is 13.2 Å². The quantitative estimate of drug-likeness (QED) is 0.471. The SMILES string of the molecule is C=C(C)C(=O)OCCNC(=O)N1C(C)(C)CC(O)CC1(C)C. The summed E-state index contributed by atoms with van der Waals surface area (Å²) in [4.78, 5) is 25.5. The van der Waals surface area contributed by atoms with Crippen LogP contribution in [0.1, 0.15) is 47.5 Å². The molecule has 0 aliphatic carbocycles. The van der Waals surface area contributed by atoms with Crippen LogP contribution in [0.2, 0.25) is 0 Å². The van der Waals surface area contributed by atoms with Gasteiger partial charge in [-0.2, -0.15) is 0 Å². The standard InChI is InChI=1S/C16H28N2O4/c1-11(2)13(20)22-8-7-17-14(21)18-15(3,4)9-12(19)10-16(18,5)6/h12,19H,1,7-10H2,2-6H3,(H,17,21). The van der Waals surface area contributed by atoms with Crippen LogP contribution in [0.4, 0.5) is 4.79 Å². The van der Waals surface area contributed by atoms with Crippen LogP contribution in [0, 0.1) is 0 Å². The van der Waals surface area contributed by atoms with Gasteiger partial charge in [-0.25, -0.2) is 9.59 Å². The number of carbonyl (C=O) groups is 2. The highest BCUT2D eigenvalue weighted by molar-refractivity contribution is 5.86. The fourth-order valence-corrected chi connectivity index (χ4v) is 3.28. The van der Waals surface area contributed by atoms with Crippen molar-refractivity contribution in [3.8, 4) is 0 Å². The largest absolute Gasteiger partial charge is 0.460 e. The van der Waals surface area contributed by atoms with Gasteiger partial charge < -0.3 is 20.1 Å². The number of hydrogen-bond acceptors (Lipinski definition) is 4. The number of carbonyl (C=O) groups excluding carboxylic acids is 2. The predicted molar refractivity (Wildman–Crippen MR) is 84.4 cm³/mol. The molecule has 0 unspecified atom stereocenters. The van der Waals surface area contributed by atoms with Gasteiger partial charge in [0.25, 0.3) is 0 Å². The normalized spacial score (nSPS) is 20.4. The van der Waals surface area contributed by atoms with Gasteiger partial charge in [-0.15, -0.1) is 0 Å². The third kappa shape index (κ3) is 4.47. The van der Waals surface area contributed by atoms with Gasteiger partial charge in [-0.05, 0) is 47.5 Å². The van der Waals surface area contributed by atoms with Crippen LogP contribution in [-0.4, -0.2) is 52.3 Å². The Morgan fingerprint density at radius 2 is 1.77 bits per heavy atom. The van der Waals surface area contributed by atoms with Crippen LogP contribution in [0.3, 0.4) is 0 Å². The number of hydrogen-bond donors (Lipinski definition) is 2. The van der Waals surface area contributed by atoms with Crippen LogP contribution in [0.5, 0.6) is 0 Å². The first-order chi connectivity index (χ1) is 9.97. The number of nitrogens with zero attached hydrogens (tertiary/aromatic N) is 1. The fourth-order valence-electron chi connectivity index (χ4n) is 3.28. The molecule has 2 amide bonds. The second-order valence-electron chi connectivity index (χ2n) is 7.17. The highest BCUT2D eigenvalue weighted by Crippen LogP contribution is 2.38. The number of esters is 1. The maximum Gasteiger partial charge on any atom is 0.333 e. The molecule has 6 heteroatoms. The zero-order chi connectivity index (χ0) is 17.1. The molecule has 0 radical (unpaired) electrons. The molecular weight excluding hydrogens is 284 g/mol. The van der Waals surface area contributed by atoms with E-state index in [4.69, 9.17) is 4.74 Å². The molecule has 0 aromatic heterocycles. The molecule has 0 aromatic carbocycles. The summed E-state index contributed by atoms with van der Waals surface area (Å²) in [6.07, 6.45) is 0.661. The van der Waals surface area contributed by atoms with Crippen molar-refractivity contribution in [3.63, 3.8) is 0 Å². The number of likely N-dealkylation sites (tertiary alicyclic amines) is 1. The van der Waals surface area contributed by atoms with Crippen molar-refractivity contribution in [2.24, 2.45) is 0 Å². The van der Waals surface area contributed by atoms with Crippen molar-refractivity contribution in [1.82, 2.24) is 10.2 Å². The molecule has 1 heterocycles. The van der Waals surface area contributed by atoms with Crippen LogP contribution in [-0.2, 0) is 9.53 Å². The molecule has 0 saturated carbocycles. The van der Waals surface area contributed by atoms with E-state index in [2.05, 4.69) is 11.9 Å². The zero-order valence-corrected chi connectivity index (χ0v) is 14.2. The molecule has 0 atom stereocenters. The van der Waals surface area contributed by atoms with E-state index in [0.717, 1.165) is 0 Å². The molecular formula is C16H28N2O4. The van der Waals surface area contributed by atoms with Crippen molar-refractivity contribution in [2.45, 2.75) is 64.6 Å². The Bertz CT molecular complexity index is 439. The molecule has 22 heavy (non-hydrogen) atoms. The van der Waals surface area contributed by atoms with E-state index in [1.54, 1.807) is 11.8 Å². The Balaban J connectivity index is 2.59. The van der Waals surface area contributed by atoms with Gasteiger partial charge in [0.15, 0.2) is 0 Å². The Kier molecular flexibility index (Phi) is 5.62. The topological polar surface area (TPSA) is 78.9 Å². The summed E-state index contributed by atoms with van der Waals surface area (Å²) >= 11 is 0. The summed E-state index contributed by atoms with van der Waals surface area (Å²) in [5.41, 5.74) is -0.558. The predicted octanol–water partition coefficient (Wildman–Crippen LogP) is 1.83. The Morgan fingerprint density at radius 1 is 1.27 bits per heavy atom. The number of nitrogens with one attached hydrogen (secondary N) is 1. The minimum atomic E-state index is -0.462. The van der Waals surface area contributed by atoms with Crippen LogP contribution in [0.15, 0.2) is 12.2 Å². The van der Waals surface area contributed by atoms with Crippen molar-refractivity contribution in [3.05, 3.63) is 12.2 Å². The second kappa shape index (κ2) is 6.69. The van der Waals surface area contributed by atoms with Crippen LogP contribution in [0.25, 0.3) is 0 Å². The summed E-state index contributed by atoms with van der Waals surface area (Å²) in [7, 11) is 0. The minimum absolute atomic E-state index is 0.106. The van der Waals surface area contributed by atoms with Gasteiger partial charge in [0.05, 0.1) is 12.6 Å².